The van der Waals surface area contributed by atoms with Gasteiger partial charge in [-0.05, 0) is 24.1 Å². The monoisotopic (exact) mass is 350 g/mol. The third-order valence-electron chi connectivity index (χ3n) is 3.25. The van der Waals surface area contributed by atoms with Crippen molar-refractivity contribution in [3.05, 3.63) is 50.9 Å². The Morgan fingerprint density at radius 3 is 2.76 bits per heavy atom. The Bertz CT molecular complexity index is 684. The Labute approximate surface area is 132 Å². The van der Waals surface area contributed by atoms with Gasteiger partial charge in [0.05, 0.1) is 18.4 Å². The molecule has 1 heterocycles. The molecule has 0 fully saturated rings. The van der Waals surface area contributed by atoms with E-state index in [1.165, 1.54) is 4.68 Å². The number of nitrogen functional groups attached to an aromatic ring is 1. The summed E-state index contributed by atoms with van der Waals surface area (Å²) in [5, 5.41) is 4.25. The molecule has 0 bridgehead atoms. The molecule has 1 aromatic heterocycles. The van der Waals surface area contributed by atoms with E-state index in [4.69, 9.17) is 5.73 Å². The molecule has 6 heteroatoms. The SMILES string of the molecule is CCCN(C)c1cnn(Cc2ccc(N)cc2Br)c(=O)c1. The van der Waals surface area contributed by atoms with Crippen molar-refractivity contribution in [2.45, 2.75) is 19.9 Å². The van der Waals surface area contributed by atoms with Crippen molar-refractivity contribution in [1.82, 2.24) is 9.78 Å². The van der Waals surface area contributed by atoms with Crippen molar-refractivity contribution in [1.29, 1.82) is 0 Å². The highest BCUT2D eigenvalue weighted by Gasteiger charge is 2.07. The minimum Gasteiger partial charge on any atom is -0.399 e. The van der Waals surface area contributed by atoms with Gasteiger partial charge in [-0.3, -0.25) is 4.79 Å². The van der Waals surface area contributed by atoms with E-state index in [2.05, 4.69) is 28.0 Å². The second kappa shape index (κ2) is 6.76. The van der Waals surface area contributed by atoms with Crippen LogP contribution in [0.2, 0.25) is 0 Å². The standard InChI is InChI=1S/C15H19BrN4O/c1-3-6-19(2)13-8-15(21)20(18-9-13)10-11-4-5-12(17)7-14(11)16/h4-5,7-9H,3,6,10,17H2,1-2H3. The second-order valence-electron chi connectivity index (χ2n) is 4.98. The second-order valence-corrected chi connectivity index (χ2v) is 5.84. The van der Waals surface area contributed by atoms with Crippen LogP contribution in [0.1, 0.15) is 18.9 Å². The molecule has 0 radical (unpaired) electrons. The molecular weight excluding hydrogens is 332 g/mol. The first kappa shape index (κ1) is 15.6. The van der Waals surface area contributed by atoms with E-state index in [0.717, 1.165) is 28.7 Å². The van der Waals surface area contributed by atoms with Gasteiger partial charge in [-0.25, -0.2) is 4.68 Å². The Balaban J connectivity index is 2.23. The third-order valence-corrected chi connectivity index (χ3v) is 3.99. The Kier molecular flexibility index (Phi) is 5.01. The fourth-order valence-corrected chi connectivity index (χ4v) is 2.59. The minimum atomic E-state index is -0.112. The zero-order chi connectivity index (χ0) is 15.4. The van der Waals surface area contributed by atoms with Crippen molar-refractivity contribution in [3.8, 4) is 0 Å². The smallest absolute Gasteiger partial charge is 0.269 e. The number of halogens is 1. The zero-order valence-electron chi connectivity index (χ0n) is 12.2. The fourth-order valence-electron chi connectivity index (χ4n) is 2.07. The molecule has 0 amide bonds. The first-order chi connectivity index (χ1) is 10.0. The van der Waals surface area contributed by atoms with E-state index in [-0.39, 0.29) is 5.56 Å². The van der Waals surface area contributed by atoms with Crippen LogP contribution in [0.25, 0.3) is 0 Å². The van der Waals surface area contributed by atoms with E-state index in [1.54, 1.807) is 12.3 Å². The Hall–Kier alpha value is -1.82. The average Bonchev–Trinajstić information content (AvgIpc) is 2.44. The van der Waals surface area contributed by atoms with Crippen LogP contribution in [-0.2, 0) is 6.54 Å². The molecule has 5 nitrogen and oxygen atoms in total. The maximum atomic E-state index is 12.2. The molecule has 0 saturated carbocycles. The van der Waals surface area contributed by atoms with Crippen LogP contribution in [0.15, 0.2) is 39.7 Å². The summed E-state index contributed by atoms with van der Waals surface area (Å²) in [6.45, 7) is 3.41. The third kappa shape index (κ3) is 3.85. The number of nitrogens with zero attached hydrogens (tertiary/aromatic N) is 3. The van der Waals surface area contributed by atoms with Gasteiger partial charge in [-0.15, -0.1) is 0 Å². The van der Waals surface area contributed by atoms with Gasteiger partial charge in [0.15, 0.2) is 0 Å². The fraction of sp³-hybridized carbons (Fsp3) is 0.333. The van der Waals surface area contributed by atoms with Crippen LogP contribution in [0.5, 0.6) is 0 Å². The van der Waals surface area contributed by atoms with Gasteiger partial charge < -0.3 is 10.6 Å². The highest BCUT2D eigenvalue weighted by molar-refractivity contribution is 9.10. The molecule has 0 spiro atoms. The van der Waals surface area contributed by atoms with Gasteiger partial charge in [0, 0.05) is 29.8 Å². The largest absolute Gasteiger partial charge is 0.399 e. The lowest BCUT2D eigenvalue weighted by Gasteiger charge is -2.18. The Morgan fingerprint density at radius 2 is 2.14 bits per heavy atom. The van der Waals surface area contributed by atoms with Crippen LogP contribution < -0.4 is 16.2 Å². The number of hydrogen-bond acceptors (Lipinski definition) is 4. The molecule has 0 aliphatic carbocycles. The summed E-state index contributed by atoms with van der Waals surface area (Å²) in [5.41, 5.74) is 8.09. The minimum absolute atomic E-state index is 0.112. The average molecular weight is 351 g/mol. The lowest BCUT2D eigenvalue weighted by Crippen LogP contribution is -2.26. The van der Waals surface area contributed by atoms with Crippen molar-refractivity contribution in [3.63, 3.8) is 0 Å². The molecule has 2 aromatic rings. The number of aromatic nitrogens is 2. The quantitative estimate of drug-likeness (QED) is 0.841. The van der Waals surface area contributed by atoms with E-state index in [0.29, 0.717) is 12.2 Å². The lowest BCUT2D eigenvalue weighted by atomic mass is 10.2. The van der Waals surface area contributed by atoms with Gasteiger partial charge in [0.2, 0.25) is 0 Å². The predicted octanol–water partition coefficient (Wildman–Crippen LogP) is 2.48. The topological polar surface area (TPSA) is 64.2 Å². The predicted molar refractivity (Wildman–Crippen MR) is 89.7 cm³/mol. The highest BCUT2D eigenvalue weighted by Crippen LogP contribution is 2.20. The van der Waals surface area contributed by atoms with Crippen molar-refractivity contribution >= 4 is 27.3 Å². The summed E-state index contributed by atoms with van der Waals surface area (Å²) >= 11 is 3.46. The van der Waals surface area contributed by atoms with Crippen molar-refractivity contribution in [2.24, 2.45) is 0 Å². The van der Waals surface area contributed by atoms with E-state index in [1.807, 2.05) is 30.1 Å². The lowest BCUT2D eigenvalue weighted by molar-refractivity contribution is 0.635. The van der Waals surface area contributed by atoms with Crippen LogP contribution in [0, 0.1) is 0 Å². The van der Waals surface area contributed by atoms with Gasteiger partial charge in [0.25, 0.3) is 5.56 Å². The summed E-state index contributed by atoms with van der Waals surface area (Å²) in [6.07, 6.45) is 2.75. The number of benzene rings is 1. The zero-order valence-corrected chi connectivity index (χ0v) is 13.8. The van der Waals surface area contributed by atoms with Gasteiger partial charge in [-0.2, -0.15) is 5.10 Å². The van der Waals surface area contributed by atoms with E-state index >= 15 is 0 Å². The molecule has 0 aliphatic heterocycles. The molecule has 112 valence electrons. The molecule has 0 saturated heterocycles. The number of anilines is 2. The van der Waals surface area contributed by atoms with Crippen LogP contribution in [0.4, 0.5) is 11.4 Å². The van der Waals surface area contributed by atoms with Gasteiger partial charge in [0.1, 0.15) is 0 Å². The van der Waals surface area contributed by atoms with Crippen LogP contribution in [-0.4, -0.2) is 23.4 Å². The molecular formula is C15H19BrN4O. The first-order valence-electron chi connectivity index (χ1n) is 6.83. The number of hydrogen-bond donors (Lipinski definition) is 1. The maximum Gasteiger partial charge on any atom is 0.269 e. The summed E-state index contributed by atoms with van der Waals surface area (Å²) in [6, 6.07) is 7.15. The Morgan fingerprint density at radius 1 is 1.38 bits per heavy atom. The summed E-state index contributed by atoms with van der Waals surface area (Å²) in [5.74, 6) is 0. The van der Waals surface area contributed by atoms with E-state index in [9.17, 15) is 4.79 Å². The van der Waals surface area contributed by atoms with Crippen LogP contribution >= 0.6 is 15.9 Å². The van der Waals surface area contributed by atoms with Crippen LogP contribution in [0.3, 0.4) is 0 Å². The molecule has 2 N–H and O–H groups in total. The first-order valence-corrected chi connectivity index (χ1v) is 7.62. The highest BCUT2D eigenvalue weighted by atomic mass is 79.9. The van der Waals surface area contributed by atoms with E-state index < -0.39 is 0 Å². The van der Waals surface area contributed by atoms with Gasteiger partial charge in [-0.1, -0.05) is 28.9 Å². The summed E-state index contributed by atoms with van der Waals surface area (Å²) in [7, 11) is 1.96. The molecule has 0 unspecified atom stereocenters. The summed E-state index contributed by atoms with van der Waals surface area (Å²) in [4.78, 5) is 14.2. The molecule has 21 heavy (non-hydrogen) atoms. The molecule has 0 atom stereocenters. The number of rotatable bonds is 5. The maximum absolute atomic E-state index is 12.2. The van der Waals surface area contributed by atoms with Crippen molar-refractivity contribution < 1.29 is 0 Å². The molecule has 1 aromatic carbocycles. The summed E-state index contributed by atoms with van der Waals surface area (Å²) < 4.78 is 2.32. The molecule has 0 aliphatic rings. The van der Waals surface area contributed by atoms with Gasteiger partial charge >= 0.3 is 0 Å². The normalized spacial score (nSPS) is 10.6. The number of nitrogens with two attached hydrogens (primary N) is 1. The molecule has 2 rings (SSSR count). The van der Waals surface area contributed by atoms with Crippen molar-refractivity contribution in [2.75, 3.05) is 24.2 Å².